The Balaban J connectivity index is 0.000000510. The Morgan fingerprint density at radius 3 is 2.03 bits per heavy atom. The Hall–Kier alpha value is -4.04. The maximum absolute atomic E-state index is 13.0. The first kappa shape index (κ1) is 23.1. The third-order valence-electron chi connectivity index (χ3n) is 5.82. The van der Waals surface area contributed by atoms with E-state index in [0.717, 1.165) is 5.39 Å². The highest BCUT2D eigenvalue weighted by molar-refractivity contribution is 6.39. The first-order chi connectivity index (χ1) is 16.3. The van der Waals surface area contributed by atoms with Gasteiger partial charge in [-0.05, 0) is 24.3 Å². The Kier molecular flexibility index (Phi) is 5.70. The maximum atomic E-state index is 13.0. The number of fused-ring (bicyclic) bond motifs is 10. The number of nitrogens with one attached hydrogen (secondary N) is 1. The number of H-pyrrole nitrogens is 1. The SMILES string of the molecule is CC.CCC.Cn1c2cc(O)ccc2c2c3c(c4c5ccc(O)cc5[nH]c4c21)C(=O)N(N)C3=O. The van der Waals surface area contributed by atoms with Crippen molar-refractivity contribution in [1.82, 2.24) is 14.6 Å². The average molecular weight is 461 g/mol. The first-order valence-corrected chi connectivity index (χ1v) is 11.3. The lowest BCUT2D eigenvalue weighted by molar-refractivity contribution is 0.0655. The molecular weight excluding hydrogens is 432 g/mol. The zero-order valence-electron chi connectivity index (χ0n) is 19.9. The molecule has 2 amide bonds. The number of aromatic hydroxyl groups is 2. The molecule has 2 aromatic heterocycles. The van der Waals surface area contributed by atoms with Gasteiger partial charge in [0.1, 0.15) is 11.5 Å². The number of aromatic nitrogens is 2. The Morgan fingerprint density at radius 2 is 1.41 bits per heavy atom. The highest BCUT2D eigenvalue weighted by Gasteiger charge is 2.40. The van der Waals surface area contributed by atoms with Crippen LogP contribution in [-0.2, 0) is 7.05 Å². The number of hydrogen-bond acceptors (Lipinski definition) is 5. The number of imide groups is 1. The number of hydrazine groups is 1. The summed E-state index contributed by atoms with van der Waals surface area (Å²) in [5.74, 6) is 4.85. The van der Waals surface area contributed by atoms with Crippen LogP contribution in [0.2, 0.25) is 0 Å². The normalized spacial score (nSPS) is 12.8. The zero-order valence-corrected chi connectivity index (χ0v) is 19.9. The molecule has 8 nitrogen and oxygen atoms in total. The van der Waals surface area contributed by atoms with Crippen LogP contribution in [-0.4, -0.2) is 36.6 Å². The molecule has 6 rings (SSSR count). The van der Waals surface area contributed by atoms with Crippen molar-refractivity contribution in [2.24, 2.45) is 12.9 Å². The third kappa shape index (κ3) is 3.03. The number of rotatable bonds is 0. The van der Waals surface area contributed by atoms with Crippen molar-refractivity contribution >= 4 is 55.4 Å². The summed E-state index contributed by atoms with van der Waals surface area (Å²) in [6, 6.07) is 9.70. The van der Waals surface area contributed by atoms with Gasteiger partial charge in [-0.1, -0.05) is 34.1 Å². The molecule has 0 spiro atoms. The highest BCUT2D eigenvalue weighted by atomic mass is 16.3. The Morgan fingerprint density at radius 1 is 0.882 bits per heavy atom. The van der Waals surface area contributed by atoms with Gasteiger partial charge in [0.15, 0.2) is 0 Å². The summed E-state index contributed by atoms with van der Waals surface area (Å²) in [5.41, 5.74) is 3.23. The van der Waals surface area contributed by atoms with Crippen LogP contribution >= 0.6 is 0 Å². The maximum Gasteiger partial charge on any atom is 0.276 e. The smallest absolute Gasteiger partial charge is 0.276 e. The van der Waals surface area contributed by atoms with Crippen LogP contribution in [0.5, 0.6) is 11.5 Å². The van der Waals surface area contributed by atoms with Crippen LogP contribution in [0.25, 0.3) is 43.6 Å². The van der Waals surface area contributed by atoms with Gasteiger partial charge in [-0.3, -0.25) is 9.59 Å². The lowest BCUT2D eigenvalue weighted by atomic mass is 9.96. The monoisotopic (exact) mass is 460 g/mol. The zero-order chi connectivity index (χ0) is 24.9. The van der Waals surface area contributed by atoms with Gasteiger partial charge in [-0.15, -0.1) is 0 Å². The summed E-state index contributed by atoms with van der Waals surface area (Å²) in [5, 5.41) is 23.1. The van der Waals surface area contributed by atoms with E-state index in [0.29, 0.717) is 43.2 Å². The second kappa shape index (κ2) is 8.39. The summed E-state index contributed by atoms with van der Waals surface area (Å²) >= 11 is 0. The molecule has 0 saturated heterocycles. The van der Waals surface area contributed by atoms with Gasteiger partial charge >= 0.3 is 0 Å². The van der Waals surface area contributed by atoms with Gasteiger partial charge in [-0.25, -0.2) is 10.9 Å². The molecule has 0 unspecified atom stereocenters. The molecule has 0 atom stereocenters. The molecule has 176 valence electrons. The van der Waals surface area contributed by atoms with E-state index in [1.165, 1.54) is 12.5 Å². The van der Waals surface area contributed by atoms with Gasteiger partial charge in [-0.2, -0.15) is 0 Å². The highest BCUT2D eigenvalue weighted by Crippen LogP contribution is 2.44. The van der Waals surface area contributed by atoms with E-state index in [-0.39, 0.29) is 22.6 Å². The number of aromatic amines is 1. The predicted octanol–water partition coefficient (Wildman–Crippen LogP) is 5.29. The Bertz CT molecular complexity index is 1610. The van der Waals surface area contributed by atoms with Crippen molar-refractivity contribution in [2.75, 3.05) is 0 Å². The fourth-order valence-electron chi connectivity index (χ4n) is 4.60. The Labute approximate surface area is 196 Å². The van der Waals surface area contributed by atoms with Crippen molar-refractivity contribution in [2.45, 2.75) is 34.1 Å². The van der Waals surface area contributed by atoms with Gasteiger partial charge in [0, 0.05) is 40.7 Å². The molecule has 0 saturated carbocycles. The fourth-order valence-corrected chi connectivity index (χ4v) is 4.60. The number of benzene rings is 3. The summed E-state index contributed by atoms with van der Waals surface area (Å²) in [6.07, 6.45) is 1.25. The molecule has 3 heterocycles. The third-order valence-corrected chi connectivity index (χ3v) is 5.82. The molecule has 34 heavy (non-hydrogen) atoms. The fraction of sp³-hybridized carbons (Fsp3) is 0.231. The number of amides is 2. The van der Waals surface area contributed by atoms with E-state index in [4.69, 9.17) is 5.84 Å². The van der Waals surface area contributed by atoms with E-state index in [2.05, 4.69) is 18.8 Å². The van der Waals surface area contributed by atoms with Crippen molar-refractivity contribution in [3.63, 3.8) is 0 Å². The summed E-state index contributed by atoms with van der Waals surface area (Å²) in [7, 11) is 1.83. The number of nitrogens with two attached hydrogens (primary N) is 1. The predicted molar refractivity (Wildman–Crippen MR) is 135 cm³/mol. The van der Waals surface area contributed by atoms with E-state index in [1.54, 1.807) is 30.3 Å². The number of hydrogen-bond donors (Lipinski definition) is 4. The number of carbonyl (C=O) groups is 2. The largest absolute Gasteiger partial charge is 0.508 e. The van der Waals surface area contributed by atoms with Gasteiger partial charge in [0.25, 0.3) is 11.8 Å². The molecule has 1 aliphatic heterocycles. The molecule has 5 aromatic rings. The first-order valence-electron chi connectivity index (χ1n) is 11.3. The minimum atomic E-state index is -0.568. The van der Waals surface area contributed by atoms with E-state index >= 15 is 0 Å². The molecule has 0 fully saturated rings. The number of aryl methyl sites for hydroxylation is 1. The molecular formula is C26H28N4O4. The van der Waals surface area contributed by atoms with E-state index in [1.807, 2.05) is 25.5 Å². The molecule has 5 N–H and O–H groups in total. The van der Waals surface area contributed by atoms with Crippen molar-refractivity contribution in [1.29, 1.82) is 0 Å². The van der Waals surface area contributed by atoms with E-state index < -0.39 is 11.8 Å². The van der Waals surface area contributed by atoms with Crippen LogP contribution in [0, 0.1) is 0 Å². The molecule has 3 aromatic carbocycles. The minimum Gasteiger partial charge on any atom is -0.508 e. The second-order valence-corrected chi connectivity index (χ2v) is 8.03. The van der Waals surface area contributed by atoms with Crippen LogP contribution < -0.4 is 5.84 Å². The minimum absolute atomic E-state index is 0.0850. The molecule has 0 radical (unpaired) electrons. The van der Waals surface area contributed by atoms with Gasteiger partial charge in [0.05, 0.1) is 33.2 Å². The molecule has 0 aliphatic carbocycles. The van der Waals surface area contributed by atoms with Crippen molar-refractivity contribution in [3.8, 4) is 11.5 Å². The van der Waals surface area contributed by atoms with Crippen LogP contribution in [0.3, 0.4) is 0 Å². The standard InChI is InChI=1S/C21H14N4O4.C3H8.C2H6/c1-24-13-7-9(27)3-5-11(13)15-17-16(20(28)25(22)21(17)29)14-10-4-2-8(26)6-12(10)23-18(14)19(15)24;1-3-2;1-2/h2-7,23,26-27H,22H2,1H3;3H2,1-2H3;1-2H3. The summed E-state index contributed by atoms with van der Waals surface area (Å²) in [6.45, 7) is 8.25. The molecule has 1 aliphatic rings. The van der Waals surface area contributed by atoms with Crippen LogP contribution in [0.4, 0.5) is 0 Å². The quantitative estimate of drug-likeness (QED) is 0.142. The summed E-state index contributed by atoms with van der Waals surface area (Å²) in [4.78, 5) is 29.2. The number of nitrogens with zero attached hydrogens (tertiary/aromatic N) is 2. The number of phenols is 2. The van der Waals surface area contributed by atoms with Crippen molar-refractivity contribution in [3.05, 3.63) is 47.5 Å². The van der Waals surface area contributed by atoms with Crippen LogP contribution in [0.1, 0.15) is 54.8 Å². The lowest BCUT2D eigenvalue weighted by Gasteiger charge is -2.04. The molecule has 8 heteroatoms. The van der Waals surface area contributed by atoms with E-state index in [9.17, 15) is 19.8 Å². The lowest BCUT2D eigenvalue weighted by Crippen LogP contribution is -2.36. The average Bonchev–Trinajstić information content (AvgIpc) is 3.40. The van der Waals surface area contributed by atoms with Crippen molar-refractivity contribution < 1.29 is 19.8 Å². The van der Waals surface area contributed by atoms with Crippen LogP contribution in [0.15, 0.2) is 36.4 Å². The summed E-state index contributed by atoms with van der Waals surface area (Å²) < 4.78 is 1.87. The van der Waals surface area contributed by atoms with Gasteiger partial charge in [0.2, 0.25) is 0 Å². The second-order valence-electron chi connectivity index (χ2n) is 8.03. The van der Waals surface area contributed by atoms with Gasteiger partial charge < -0.3 is 19.8 Å². The number of carbonyl (C=O) groups excluding carboxylic acids is 2. The molecule has 0 bridgehead atoms. The topological polar surface area (TPSA) is 125 Å². The number of phenolic OH excluding ortho intramolecular Hbond substituents is 2.